The molecule has 5 heteroatoms. The lowest BCUT2D eigenvalue weighted by molar-refractivity contribution is -0.122. The van der Waals surface area contributed by atoms with Crippen molar-refractivity contribution in [2.75, 3.05) is 11.9 Å². The van der Waals surface area contributed by atoms with E-state index in [-0.39, 0.29) is 5.91 Å². The smallest absolute Gasteiger partial charge is 0.235 e. The normalized spacial score (nSPS) is 16.0. The van der Waals surface area contributed by atoms with Crippen LogP contribution in [-0.4, -0.2) is 17.5 Å². The zero-order valence-electron chi connectivity index (χ0n) is 16.1. The molecule has 1 saturated carbocycles. The molecule has 3 rings (SSSR count). The Bertz CT molecular complexity index is 801. The highest BCUT2D eigenvalue weighted by atomic mass is 35.5. The molecular weight excluding hydrogens is 360 g/mol. The highest BCUT2D eigenvalue weighted by Gasteiger charge is 2.42. The van der Waals surface area contributed by atoms with Crippen molar-refractivity contribution in [3.63, 3.8) is 0 Å². The number of hydrogen-bond donors (Lipinski definition) is 1. The number of rotatable bonds is 6. The number of pyridine rings is 1. The zero-order valence-corrected chi connectivity index (χ0v) is 16.8. The molecule has 0 saturated heterocycles. The summed E-state index contributed by atoms with van der Waals surface area (Å²) in [4.78, 5) is 17.9. The van der Waals surface area contributed by atoms with Crippen molar-refractivity contribution in [3.05, 3.63) is 52.7 Å². The van der Waals surface area contributed by atoms with Crippen LogP contribution in [-0.2, 0) is 10.2 Å². The van der Waals surface area contributed by atoms with E-state index in [0.717, 1.165) is 55.5 Å². The molecule has 27 heavy (non-hydrogen) atoms. The first kappa shape index (κ1) is 19.7. The molecule has 1 heterocycles. The van der Waals surface area contributed by atoms with Gasteiger partial charge >= 0.3 is 0 Å². The highest BCUT2D eigenvalue weighted by Crippen LogP contribution is 2.43. The van der Waals surface area contributed by atoms with E-state index in [4.69, 9.17) is 16.3 Å². The maximum atomic E-state index is 13.4. The lowest BCUT2D eigenvalue weighted by Crippen LogP contribution is -2.42. The summed E-state index contributed by atoms with van der Waals surface area (Å²) >= 11 is 6.49. The summed E-state index contributed by atoms with van der Waals surface area (Å²) in [7, 11) is 0. The van der Waals surface area contributed by atoms with Crippen LogP contribution in [0.15, 0.2) is 36.4 Å². The van der Waals surface area contributed by atoms with Crippen LogP contribution in [0.5, 0.6) is 5.88 Å². The highest BCUT2D eigenvalue weighted by molar-refractivity contribution is 6.31. The first-order chi connectivity index (χ1) is 13.1. The third-order valence-electron chi connectivity index (χ3n) is 5.29. The van der Waals surface area contributed by atoms with E-state index in [1.807, 2.05) is 37.3 Å². The largest absolute Gasteiger partial charge is 0.478 e. The number of anilines is 1. The Kier molecular flexibility index (Phi) is 6.38. The lowest BCUT2D eigenvalue weighted by Gasteiger charge is -2.37. The summed E-state index contributed by atoms with van der Waals surface area (Å²) in [5.74, 6) is 0.591. The van der Waals surface area contributed by atoms with Crippen molar-refractivity contribution in [1.82, 2.24) is 4.98 Å². The molecule has 1 amide bonds. The Morgan fingerprint density at radius 2 is 1.93 bits per heavy atom. The number of ether oxygens (including phenoxy) is 1. The number of nitrogens with zero attached hydrogens (tertiary/aromatic N) is 1. The number of benzene rings is 1. The summed E-state index contributed by atoms with van der Waals surface area (Å²) in [6.45, 7) is 4.57. The molecule has 1 aliphatic rings. The van der Waals surface area contributed by atoms with Crippen molar-refractivity contribution >= 4 is 23.2 Å². The molecule has 144 valence electrons. The zero-order chi connectivity index (χ0) is 19.3. The molecule has 0 unspecified atom stereocenters. The minimum absolute atomic E-state index is 0.00225. The van der Waals surface area contributed by atoms with Gasteiger partial charge in [-0.25, -0.2) is 4.98 Å². The van der Waals surface area contributed by atoms with Crippen LogP contribution in [0.25, 0.3) is 0 Å². The minimum atomic E-state index is -0.583. The summed E-state index contributed by atoms with van der Waals surface area (Å²) in [6.07, 6.45) is 5.77. The average molecular weight is 387 g/mol. The first-order valence-corrected chi connectivity index (χ1v) is 10.1. The van der Waals surface area contributed by atoms with E-state index in [2.05, 4.69) is 17.2 Å². The quantitative estimate of drug-likeness (QED) is 0.695. The van der Waals surface area contributed by atoms with Crippen LogP contribution in [0.3, 0.4) is 0 Å². The predicted molar refractivity (Wildman–Crippen MR) is 110 cm³/mol. The van der Waals surface area contributed by atoms with Gasteiger partial charge in [0, 0.05) is 11.1 Å². The van der Waals surface area contributed by atoms with Crippen LogP contribution in [0, 0.1) is 6.92 Å². The minimum Gasteiger partial charge on any atom is -0.478 e. The van der Waals surface area contributed by atoms with Crippen LogP contribution in [0.1, 0.15) is 56.7 Å². The molecule has 1 aromatic heterocycles. The van der Waals surface area contributed by atoms with Crippen molar-refractivity contribution in [3.8, 4) is 5.88 Å². The second kappa shape index (κ2) is 8.75. The van der Waals surface area contributed by atoms with Gasteiger partial charge in [0.1, 0.15) is 0 Å². The van der Waals surface area contributed by atoms with E-state index >= 15 is 0 Å². The van der Waals surface area contributed by atoms with Gasteiger partial charge in [-0.15, -0.1) is 0 Å². The Labute approximate surface area is 166 Å². The molecular formula is C22H27ClN2O2. The average Bonchev–Trinajstić information content (AvgIpc) is 2.69. The molecule has 0 radical (unpaired) electrons. The topological polar surface area (TPSA) is 51.2 Å². The second-order valence-corrected chi connectivity index (χ2v) is 7.61. The Morgan fingerprint density at radius 3 is 2.59 bits per heavy atom. The van der Waals surface area contributed by atoms with Crippen molar-refractivity contribution in [2.45, 2.75) is 57.8 Å². The van der Waals surface area contributed by atoms with E-state index in [0.29, 0.717) is 17.5 Å². The Balaban J connectivity index is 1.87. The third-order valence-corrected chi connectivity index (χ3v) is 5.62. The molecule has 1 aliphatic carbocycles. The second-order valence-electron chi connectivity index (χ2n) is 7.21. The molecule has 1 fully saturated rings. The molecule has 0 atom stereocenters. The fourth-order valence-corrected chi connectivity index (χ4v) is 4.14. The summed E-state index contributed by atoms with van der Waals surface area (Å²) < 4.78 is 5.58. The third kappa shape index (κ3) is 4.27. The van der Waals surface area contributed by atoms with E-state index in [9.17, 15) is 4.79 Å². The van der Waals surface area contributed by atoms with Gasteiger partial charge in [-0.3, -0.25) is 4.79 Å². The van der Waals surface area contributed by atoms with Crippen molar-refractivity contribution < 1.29 is 9.53 Å². The standard InChI is InChI=1S/C22H27ClN2O2/c1-3-15-27-20-12-11-19(16(2)24-20)25-21(26)22(13-7-4-8-14-22)17-9-5-6-10-18(17)23/h5-6,9-12H,3-4,7-8,13-15H2,1-2H3,(H,25,26). The van der Waals surface area contributed by atoms with Gasteiger partial charge < -0.3 is 10.1 Å². The first-order valence-electron chi connectivity index (χ1n) is 9.74. The van der Waals surface area contributed by atoms with Gasteiger partial charge in [-0.05, 0) is 43.9 Å². The summed E-state index contributed by atoms with van der Waals surface area (Å²) in [5.41, 5.74) is 1.82. The van der Waals surface area contributed by atoms with Gasteiger partial charge in [-0.1, -0.05) is 56.0 Å². The molecule has 1 N–H and O–H groups in total. The summed E-state index contributed by atoms with van der Waals surface area (Å²) in [5, 5.41) is 3.77. The van der Waals surface area contributed by atoms with Gasteiger partial charge in [0.05, 0.1) is 23.4 Å². The maximum absolute atomic E-state index is 13.4. The van der Waals surface area contributed by atoms with Gasteiger partial charge in [0.15, 0.2) is 0 Å². The van der Waals surface area contributed by atoms with Gasteiger partial charge in [0.25, 0.3) is 0 Å². The fourth-order valence-electron chi connectivity index (χ4n) is 3.82. The van der Waals surface area contributed by atoms with Crippen LogP contribution < -0.4 is 10.1 Å². The van der Waals surface area contributed by atoms with Crippen LogP contribution in [0.2, 0.25) is 5.02 Å². The Morgan fingerprint density at radius 1 is 1.19 bits per heavy atom. The molecule has 0 bridgehead atoms. The van der Waals surface area contributed by atoms with Crippen molar-refractivity contribution in [2.24, 2.45) is 0 Å². The van der Waals surface area contributed by atoms with E-state index in [1.165, 1.54) is 0 Å². The monoisotopic (exact) mass is 386 g/mol. The number of nitrogens with one attached hydrogen (secondary N) is 1. The predicted octanol–water partition coefficient (Wildman–Crippen LogP) is 5.67. The molecule has 0 aliphatic heterocycles. The number of halogens is 1. The SMILES string of the molecule is CCCOc1ccc(NC(=O)C2(c3ccccc3Cl)CCCCC2)c(C)n1. The lowest BCUT2D eigenvalue weighted by atomic mass is 9.68. The molecule has 0 spiro atoms. The maximum Gasteiger partial charge on any atom is 0.235 e. The van der Waals surface area contributed by atoms with E-state index in [1.54, 1.807) is 6.07 Å². The van der Waals surface area contributed by atoms with Crippen molar-refractivity contribution in [1.29, 1.82) is 0 Å². The number of aromatic nitrogens is 1. The molecule has 1 aromatic carbocycles. The van der Waals surface area contributed by atoms with Crippen LogP contribution >= 0.6 is 11.6 Å². The number of hydrogen-bond acceptors (Lipinski definition) is 3. The number of carbonyl (C=O) groups excluding carboxylic acids is 1. The number of aryl methyl sites for hydroxylation is 1. The van der Waals surface area contributed by atoms with Gasteiger partial charge in [-0.2, -0.15) is 0 Å². The Hall–Kier alpha value is -2.07. The van der Waals surface area contributed by atoms with Crippen LogP contribution in [0.4, 0.5) is 5.69 Å². The number of amides is 1. The fraction of sp³-hybridized carbons (Fsp3) is 0.455. The van der Waals surface area contributed by atoms with E-state index < -0.39 is 5.41 Å². The molecule has 4 nitrogen and oxygen atoms in total. The summed E-state index contributed by atoms with van der Waals surface area (Å²) in [6, 6.07) is 11.4. The number of carbonyl (C=O) groups is 1. The van der Waals surface area contributed by atoms with Gasteiger partial charge in [0.2, 0.25) is 11.8 Å². The molecule has 2 aromatic rings.